The maximum atomic E-state index is 6.25. The van der Waals surface area contributed by atoms with Gasteiger partial charge in [0.15, 0.2) is 0 Å². The van der Waals surface area contributed by atoms with E-state index in [0.29, 0.717) is 33.1 Å². The summed E-state index contributed by atoms with van der Waals surface area (Å²) in [7, 11) is 0. The fraction of sp³-hybridized carbons (Fsp3) is 0.250. The van der Waals surface area contributed by atoms with Crippen LogP contribution in [0, 0.1) is 0 Å². The Kier molecular flexibility index (Phi) is 6.19. The van der Waals surface area contributed by atoms with Crippen molar-refractivity contribution >= 4 is 34.8 Å². The Morgan fingerprint density at radius 1 is 1.05 bits per heavy atom. The molecule has 2 aromatic carbocycles. The first-order valence-electron chi connectivity index (χ1n) is 6.72. The van der Waals surface area contributed by atoms with E-state index in [1.807, 2.05) is 12.1 Å². The standard InChI is InChI=1S/C16H16Cl3NO/c1-2-6-20-10-11-4-3-5-15(19)16(11)21-14-8-12(17)7-13(18)9-14/h3-5,7-9,20H,2,6,10H2,1H3. The van der Waals surface area contributed by atoms with Gasteiger partial charge in [0.1, 0.15) is 11.5 Å². The second-order valence-corrected chi connectivity index (χ2v) is 5.89. The molecule has 2 rings (SSSR count). The molecule has 0 heterocycles. The largest absolute Gasteiger partial charge is 0.455 e. The Bertz CT molecular complexity index is 596. The first-order chi connectivity index (χ1) is 10.1. The molecule has 0 saturated carbocycles. The van der Waals surface area contributed by atoms with Gasteiger partial charge < -0.3 is 10.1 Å². The van der Waals surface area contributed by atoms with E-state index in [9.17, 15) is 0 Å². The van der Waals surface area contributed by atoms with Gasteiger partial charge >= 0.3 is 0 Å². The normalized spacial score (nSPS) is 10.7. The van der Waals surface area contributed by atoms with Gasteiger partial charge in [-0.25, -0.2) is 0 Å². The lowest BCUT2D eigenvalue weighted by Crippen LogP contribution is -2.14. The van der Waals surface area contributed by atoms with Crippen LogP contribution in [0.5, 0.6) is 11.5 Å². The van der Waals surface area contributed by atoms with Gasteiger partial charge in [0, 0.05) is 22.2 Å². The molecule has 0 aliphatic rings. The SMILES string of the molecule is CCCNCc1cccc(Cl)c1Oc1cc(Cl)cc(Cl)c1. The highest BCUT2D eigenvalue weighted by molar-refractivity contribution is 6.34. The molecule has 0 spiro atoms. The molecule has 0 saturated heterocycles. The summed E-state index contributed by atoms with van der Waals surface area (Å²) in [5, 5.41) is 4.94. The number of hydrogen-bond donors (Lipinski definition) is 1. The third-order valence-corrected chi connectivity index (χ3v) is 3.58. The maximum Gasteiger partial charge on any atom is 0.150 e. The van der Waals surface area contributed by atoms with Crippen molar-refractivity contribution in [2.24, 2.45) is 0 Å². The number of rotatable bonds is 6. The molecule has 0 aliphatic heterocycles. The van der Waals surface area contributed by atoms with Crippen molar-refractivity contribution in [1.82, 2.24) is 5.32 Å². The van der Waals surface area contributed by atoms with Crippen LogP contribution in [0.4, 0.5) is 0 Å². The first kappa shape index (κ1) is 16.4. The highest BCUT2D eigenvalue weighted by Gasteiger charge is 2.10. The highest BCUT2D eigenvalue weighted by atomic mass is 35.5. The Hall–Kier alpha value is -0.930. The van der Waals surface area contributed by atoms with Crippen molar-refractivity contribution in [2.75, 3.05) is 6.54 Å². The maximum absolute atomic E-state index is 6.25. The monoisotopic (exact) mass is 343 g/mol. The van der Waals surface area contributed by atoms with Crippen molar-refractivity contribution in [3.63, 3.8) is 0 Å². The summed E-state index contributed by atoms with van der Waals surface area (Å²) in [6.07, 6.45) is 1.07. The fourth-order valence-electron chi connectivity index (χ4n) is 1.91. The lowest BCUT2D eigenvalue weighted by atomic mass is 10.2. The number of nitrogens with one attached hydrogen (secondary N) is 1. The summed E-state index contributed by atoms with van der Waals surface area (Å²) in [5.41, 5.74) is 0.993. The average molecular weight is 345 g/mol. The molecule has 5 heteroatoms. The van der Waals surface area contributed by atoms with Crippen LogP contribution in [0.2, 0.25) is 15.1 Å². The molecule has 0 aliphatic carbocycles. The molecule has 0 unspecified atom stereocenters. The second-order valence-electron chi connectivity index (χ2n) is 4.61. The zero-order chi connectivity index (χ0) is 15.2. The van der Waals surface area contributed by atoms with E-state index < -0.39 is 0 Å². The molecular weight excluding hydrogens is 329 g/mol. The number of halogens is 3. The highest BCUT2D eigenvalue weighted by Crippen LogP contribution is 2.35. The molecule has 112 valence electrons. The van der Waals surface area contributed by atoms with Gasteiger partial charge in [-0.15, -0.1) is 0 Å². The number of benzene rings is 2. The molecule has 0 radical (unpaired) electrons. The van der Waals surface area contributed by atoms with Crippen LogP contribution < -0.4 is 10.1 Å². The smallest absolute Gasteiger partial charge is 0.150 e. The molecule has 1 N–H and O–H groups in total. The zero-order valence-corrected chi connectivity index (χ0v) is 13.9. The summed E-state index contributed by atoms with van der Waals surface area (Å²) in [4.78, 5) is 0. The van der Waals surface area contributed by atoms with Gasteiger partial charge in [-0.05, 0) is 37.2 Å². The van der Waals surface area contributed by atoms with Crippen LogP contribution in [-0.2, 0) is 6.54 Å². The van der Waals surface area contributed by atoms with Crippen LogP contribution in [0.1, 0.15) is 18.9 Å². The van der Waals surface area contributed by atoms with Crippen molar-refractivity contribution in [1.29, 1.82) is 0 Å². The summed E-state index contributed by atoms with van der Waals surface area (Å²) < 4.78 is 5.89. The van der Waals surface area contributed by atoms with Gasteiger partial charge in [-0.1, -0.05) is 53.9 Å². The Balaban J connectivity index is 2.25. The van der Waals surface area contributed by atoms with Crippen molar-refractivity contribution in [3.8, 4) is 11.5 Å². The molecule has 0 atom stereocenters. The van der Waals surface area contributed by atoms with Crippen molar-refractivity contribution in [3.05, 3.63) is 57.0 Å². The molecule has 0 aromatic heterocycles. The van der Waals surface area contributed by atoms with E-state index in [1.165, 1.54) is 0 Å². The predicted octanol–water partition coefficient (Wildman–Crippen LogP) is 5.94. The van der Waals surface area contributed by atoms with Gasteiger partial charge in [0.05, 0.1) is 5.02 Å². The van der Waals surface area contributed by atoms with Crippen LogP contribution in [-0.4, -0.2) is 6.54 Å². The van der Waals surface area contributed by atoms with E-state index in [-0.39, 0.29) is 0 Å². The molecule has 0 fully saturated rings. The summed E-state index contributed by atoms with van der Waals surface area (Å²) >= 11 is 18.2. The number of para-hydroxylation sites is 1. The van der Waals surface area contributed by atoms with Crippen LogP contribution >= 0.6 is 34.8 Å². The summed E-state index contributed by atoms with van der Waals surface area (Å²) in [6.45, 7) is 3.75. The quantitative estimate of drug-likeness (QED) is 0.655. The van der Waals surface area contributed by atoms with E-state index >= 15 is 0 Å². The van der Waals surface area contributed by atoms with E-state index in [0.717, 1.165) is 18.5 Å². The number of ether oxygens (including phenoxy) is 1. The molecular formula is C16H16Cl3NO. The van der Waals surface area contributed by atoms with Gasteiger partial charge in [0.2, 0.25) is 0 Å². The van der Waals surface area contributed by atoms with Gasteiger partial charge in [-0.3, -0.25) is 0 Å². The topological polar surface area (TPSA) is 21.3 Å². The van der Waals surface area contributed by atoms with Crippen molar-refractivity contribution in [2.45, 2.75) is 19.9 Å². The lowest BCUT2D eigenvalue weighted by molar-refractivity contribution is 0.473. The molecule has 21 heavy (non-hydrogen) atoms. The minimum Gasteiger partial charge on any atom is -0.455 e. The fourth-order valence-corrected chi connectivity index (χ4v) is 2.65. The minimum atomic E-state index is 0.523. The first-order valence-corrected chi connectivity index (χ1v) is 7.85. The van der Waals surface area contributed by atoms with E-state index in [1.54, 1.807) is 24.3 Å². The number of hydrogen-bond acceptors (Lipinski definition) is 2. The predicted molar refractivity (Wildman–Crippen MR) is 90.0 cm³/mol. The third-order valence-electron chi connectivity index (χ3n) is 2.85. The summed E-state index contributed by atoms with van der Waals surface area (Å²) in [6, 6.07) is 10.8. The molecule has 2 aromatic rings. The third kappa shape index (κ3) is 4.79. The van der Waals surface area contributed by atoms with Crippen LogP contribution in [0.15, 0.2) is 36.4 Å². The minimum absolute atomic E-state index is 0.523. The summed E-state index contributed by atoms with van der Waals surface area (Å²) in [5.74, 6) is 1.19. The Morgan fingerprint density at radius 2 is 1.76 bits per heavy atom. The molecule has 0 bridgehead atoms. The second kappa shape index (κ2) is 7.90. The van der Waals surface area contributed by atoms with Crippen LogP contribution in [0.3, 0.4) is 0 Å². The van der Waals surface area contributed by atoms with Gasteiger partial charge in [-0.2, -0.15) is 0 Å². The van der Waals surface area contributed by atoms with E-state index in [2.05, 4.69) is 12.2 Å². The molecule has 2 nitrogen and oxygen atoms in total. The van der Waals surface area contributed by atoms with Crippen molar-refractivity contribution < 1.29 is 4.74 Å². The van der Waals surface area contributed by atoms with Gasteiger partial charge in [0.25, 0.3) is 0 Å². The Labute approximate surface area is 140 Å². The average Bonchev–Trinajstić information content (AvgIpc) is 2.41. The lowest BCUT2D eigenvalue weighted by Gasteiger charge is -2.14. The van der Waals surface area contributed by atoms with Crippen LogP contribution in [0.25, 0.3) is 0 Å². The van der Waals surface area contributed by atoms with E-state index in [4.69, 9.17) is 39.5 Å². The molecule has 0 amide bonds. The Morgan fingerprint density at radius 3 is 2.43 bits per heavy atom. The zero-order valence-electron chi connectivity index (χ0n) is 11.6.